The number of hydrogen-bond acceptors (Lipinski definition) is 12. The molecule has 12 heteroatoms. The molecular formula is C26H27N3O9. The molecule has 5 rings (SSSR count). The van der Waals surface area contributed by atoms with E-state index < -0.39 is 18.0 Å². The zero-order valence-electron chi connectivity index (χ0n) is 21.3. The molecule has 0 aromatic heterocycles. The summed E-state index contributed by atoms with van der Waals surface area (Å²) in [5, 5.41) is 14.1. The minimum Gasteiger partial charge on any atom is -0.492 e. The zero-order valence-corrected chi connectivity index (χ0v) is 21.3. The van der Waals surface area contributed by atoms with Gasteiger partial charge in [-0.15, -0.1) is 0 Å². The summed E-state index contributed by atoms with van der Waals surface area (Å²) in [4.78, 5) is 31.1. The molecule has 2 N–H and O–H groups in total. The minimum absolute atomic E-state index is 0.0651. The molecule has 0 radical (unpaired) electrons. The maximum atomic E-state index is 13.3. The smallest absolute Gasteiger partial charge is 0.356 e. The predicted molar refractivity (Wildman–Crippen MR) is 129 cm³/mol. The predicted octanol–water partition coefficient (Wildman–Crippen LogP) is 2.50. The molecule has 0 saturated heterocycles. The third kappa shape index (κ3) is 4.04. The maximum absolute atomic E-state index is 13.3. The van der Waals surface area contributed by atoms with Gasteiger partial charge in [0.15, 0.2) is 23.0 Å². The van der Waals surface area contributed by atoms with E-state index in [1.807, 2.05) is 0 Å². The highest BCUT2D eigenvalue weighted by Gasteiger charge is 2.44. The number of rotatable bonds is 7. The standard InChI is InChI=1S/C26H27N3O9/c1-4-34-26(31)15-9-12(38-29-15)8-13-19(22(33-3)24-23(21(13)32-2)35-11-36-24)18-14(10-27)25(28)37-17-7-5-6-16(30)20(17)18/h12,18H,4-9,11,28H2,1-3H3/t12-,18-/m0/s1. The van der Waals surface area contributed by atoms with Crippen molar-refractivity contribution in [2.75, 3.05) is 27.6 Å². The monoisotopic (exact) mass is 525 g/mol. The molecule has 12 nitrogen and oxygen atoms in total. The second-order valence-electron chi connectivity index (χ2n) is 8.96. The van der Waals surface area contributed by atoms with E-state index in [9.17, 15) is 14.9 Å². The molecule has 0 saturated carbocycles. The first-order valence-electron chi connectivity index (χ1n) is 12.2. The van der Waals surface area contributed by atoms with Crippen LogP contribution in [-0.2, 0) is 30.3 Å². The first-order valence-corrected chi connectivity index (χ1v) is 12.2. The summed E-state index contributed by atoms with van der Waals surface area (Å²) in [5.74, 6) is -0.0586. The van der Waals surface area contributed by atoms with Crippen LogP contribution in [0.3, 0.4) is 0 Å². The second kappa shape index (κ2) is 10.2. The van der Waals surface area contributed by atoms with Gasteiger partial charge in [0, 0.05) is 42.4 Å². The van der Waals surface area contributed by atoms with Crippen LogP contribution < -0.4 is 24.7 Å². The Labute approximate surface area is 218 Å². The van der Waals surface area contributed by atoms with Gasteiger partial charge < -0.3 is 39.0 Å². The average molecular weight is 526 g/mol. The Morgan fingerprint density at radius 3 is 2.61 bits per heavy atom. The van der Waals surface area contributed by atoms with Crippen LogP contribution in [0.15, 0.2) is 27.9 Å². The Balaban J connectivity index is 1.69. The Hall–Kier alpha value is -4.40. The van der Waals surface area contributed by atoms with Crippen molar-refractivity contribution in [3.8, 4) is 29.1 Å². The number of Topliss-reactive ketones (excluding diaryl/α,β-unsaturated/α-hetero) is 1. The summed E-state index contributed by atoms with van der Waals surface area (Å²) in [6.07, 6.45) is 1.19. The van der Waals surface area contributed by atoms with E-state index in [-0.39, 0.29) is 60.7 Å². The molecule has 3 heterocycles. The Morgan fingerprint density at radius 2 is 1.92 bits per heavy atom. The fourth-order valence-electron chi connectivity index (χ4n) is 5.31. The van der Waals surface area contributed by atoms with E-state index in [0.717, 1.165) is 0 Å². The lowest BCUT2D eigenvalue weighted by Gasteiger charge is -2.33. The Morgan fingerprint density at radius 1 is 1.18 bits per heavy atom. The molecule has 0 unspecified atom stereocenters. The Kier molecular flexibility index (Phi) is 6.75. The van der Waals surface area contributed by atoms with Crippen LogP contribution in [-0.4, -0.2) is 51.2 Å². The summed E-state index contributed by atoms with van der Waals surface area (Å²) in [6, 6.07) is 2.13. The molecule has 0 fully saturated rings. The largest absolute Gasteiger partial charge is 0.492 e. The van der Waals surface area contributed by atoms with Crippen molar-refractivity contribution >= 4 is 17.5 Å². The van der Waals surface area contributed by atoms with Crippen LogP contribution in [0.1, 0.15) is 49.7 Å². The van der Waals surface area contributed by atoms with Crippen LogP contribution >= 0.6 is 0 Å². The van der Waals surface area contributed by atoms with Gasteiger partial charge in [-0.2, -0.15) is 5.26 Å². The number of benzene rings is 1. The van der Waals surface area contributed by atoms with Gasteiger partial charge in [0.2, 0.25) is 24.2 Å². The van der Waals surface area contributed by atoms with Gasteiger partial charge in [0.05, 0.1) is 26.7 Å². The number of ketones is 1. The van der Waals surface area contributed by atoms with E-state index in [4.69, 9.17) is 39.0 Å². The molecule has 0 amide bonds. The minimum atomic E-state index is -0.906. The van der Waals surface area contributed by atoms with Crippen molar-refractivity contribution in [1.29, 1.82) is 5.26 Å². The van der Waals surface area contributed by atoms with Gasteiger partial charge >= 0.3 is 5.97 Å². The molecule has 1 aromatic carbocycles. The van der Waals surface area contributed by atoms with Crippen LogP contribution in [0.25, 0.3) is 0 Å². The number of nitrogens with two attached hydrogens (primary N) is 1. The summed E-state index contributed by atoms with van der Waals surface area (Å²) >= 11 is 0. The van der Waals surface area contributed by atoms with Crippen molar-refractivity contribution in [2.24, 2.45) is 10.9 Å². The van der Waals surface area contributed by atoms with Crippen molar-refractivity contribution in [3.63, 3.8) is 0 Å². The van der Waals surface area contributed by atoms with Crippen LogP contribution in [0.2, 0.25) is 0 Å². The van der Waals surface area contributed by atoms with Crippen LogP contribution in [0.5, 0.6) is 23.0 Å². The fraction of sp³-hybridized carbons (Fsp3) is 0.462. The third-order valence-corrected chi connectivity index (χ3v) is 6.85. The number of fused-ring (bicyclic) bond motifs is 1. The zero-order chi connectivity index (χ0) is 27.0. The lowest BCUT2D eigenvalue weighted by atomic mass is 9.75. The van der Waals surface area contributed by atoms with E-state index in [0.29, 0.717) is 53.2 Å². The molecule has 4 aliphatic rings. The SMILES string of the molecule is CCOC(=O)C1=NO[C@@H](Cc2c(OC)c3c(c(OC)c2[C@@H]2C(C#N)=C(N)OC4=C2C(=O)CCC4)OCO3)C1. The number of ether oxygens (including phenoxy) is 6. The van der Waals surface area contributed by atoms with Crippen LogP contribution in [0, 0.1) is 11.3 Å². The highest BCUT2D eigenvalue weighted by molar-refractivity contribution is 6.36. The van der Waals surface area contributed by atoms with E-state index in [2.05, 4.69) is 11.2 Å². The summed E-state index contributed by atoms with van der Waals surface area (Å²) in [6.45, 7) is 1.83. The molecule has 200 valence electrons. The number of oxime groups is 1. The fourth-order valence-corrected chi connectivity index (χ4v) is 5.31. The van der Waals surface area contributed by atoms with Crippen molar-refractivity contribution in [3.05, 3.63) is 33.9 Å². The van der Waals surface area contributed by atoms with E-state index >= 15 is 0 Å². The molecule has 0 bridgehead atoms. The highest BCUT2D eigenvalue weighted by atomic mass is 16.7. The Bertz CT molecular complexity index is 1340. The molecule has 3 aliphatic heterocycles. The first-order chi connectivity index (χ1) is 18.4. The summed E-state index contributed by atoms with van der Waals surface area (Å²) in [7, 11) is 2.93. The van der Waals surface area contributed by atoms with Gasteiger partial charge in [-0.1, -0.05) is 5.16 Å². The van der Waals surface area contributed by atoms with Crippen molar-refractivity contribution in [2.45, 2.75) is 51.0 Å². The lowest BCUT2D eigenvalue weighted by molar-refractivity contribution is -0.135. The molecule has 0 spiro atoms. The maximum Gasteiger partial charge on any atom is 0.356 e. The van der Waals surface area contributed by atoms with Crippen molar-refractivity contribution in [1.82, 2.24) is 0 Å². The number of esters is 1. The van der Waals surface area contributed by atoms with Crippen LogP contribution in [0.4, 0.5) is 0 Å². The molecule has 38 heavy (non-hydrogen) atoms. The third-order valence-electron chi connectivity index (χ3n) is 6.85. The van der Waals surface area contributed by atoms with E-state index in [1.54, 1.807) is 6.92 Å². The molecular weight excluding hydrogens is 498 g/mol. The number of carbonyl (C=O) groups is 2. The van der Waals surface area contributed by atoms with Gasteiger partial charge in [0.1, 0.15) is 23.5 Å². The molecule has 1 aliphatic carbocycles. The van der Waals surface area contributed by atoms with Gasteiger partial charge in [0.25, 0.3) is 0 Å². The lowest BCUT2D eigenvalue weighted by Crippen LogP contribution is -2.29. The van der Waals surface area contributed by atoms with Gasteiger partial charge in [-0.05, 0) is 13.3 Å². The van der Waals surface area contributed by atoms with Gasteiger partial charge in [-0.3, -0.25) is 4.79 Å². The average Bonchev–Trinajstić information content (AvgIpc) is 3.58. The molecule has 1 aromatic rings. The van der Waals surface area contributed by atoms with Crippen molar-refractivity contribution < 1.29 is 42.8 Å². The molecule has 2 atom stereocenters. The summed E-state index contributed by atoms with van der Waals surface area (Å²) in [5.41, 5.74) is 7.76. The first kappa shape index (κ1) is 25.3. The quantitative estimate of drug-likeness (QED) is 0.521. The number of methoxy groups -OCH3 is 2. The number of nitrogens with zero attached hydrogens (tertiary/aromatic N) is 2. The number of hydrogen-bond donors (Lipinski definition) is 1. The second-order valence-corrected chi connectivity index (χ2v) is 8.96. The topological polar surface area (TPSA) is 161 Å². The highest BCUT2D eigenvalue weighted by Crippen LogP contribution is 2.58. The normalized spacial score (nSPS) is 21.7. The van der Waals surface area contributed by atoms with E-state index in [1.165, 1.54) is 14.2 Å². The van der Waals surface area contributed by atoms with Gasteiger partial charge in [-0.25, -0.2) is 4.79 Å². The number of nitriles is 1. The summed E-state index contributed by atoms with van der Waals surface area (Å²) < 4.78 is 33.9. The number of carbonyl (C=O) groups excluding carboxylic acids is 2. The number of allylic oxidation sites excluding steroid dienone is 3.